The zero-order valence-corrected chi connectivity index (χ0v) is 11.4. The number of nitrogens with zero attached hydrogens (tertiary/aromatic N) is 1. The second-order valence-corrected chi connectivity index (χ2v) is 5.10. The van der Waals surface area contributed by atoms with E-state index in [1.165, 1.54) is 0 Å². The van der Waals surface area contributed by atoms with Gasteiger partial charge in [-0.25, -0.2) is 0 Å². The summed E-state index contributed by atoms with van der Waals surface area (Å²) in [7, 11) is 0. The highest BCUT2D eigenvalue weighted by molar-refractivity contribution is 14.1. The lowest BCUT2D eigenvalue weighted by atomic mass is 10.2. The number of hydrogen-bond donors (Lipinski definition) is 2. The van der Waals surface area contributed by atoms with Crippen LogP contribution in [-0.2, 0) is 0 Å². The minimum Gasteiger partial charge on any atom is -0.282 e. The molecule has 1 aromatic heterocycles. The quantitative estimate of drug-likeness (QED) is 0.586. The van der Waals surface area contributed by atoms with E-state index in [2.05, 4.69) is 53.7 Å². The van der Waals surface area contributed by atoms with Crippen LogP contribution in [0.25, 0.3) is 11.4 Å². The van der Waals surface area contributed by atoms with Crippen LogP contribution in [0.1, 0.15) is 0 Å². The van der Waals surface area contributed by atoms with E-state index >= 15 is 0 Å². The molecule has 1 heterocycles. The van der Waals surface area contributed by atoms with Gasteiger partial charge in [0.05, 0.1) is 0 Å². The molecular weight excluding hydrogens is 377 g/mol. The Morgan fingerprint density at radius 1 is 1.36 bits per heavy atom. The van der Waals surface area contributed by atoms with E-state index in [9.17, 15) is 0 Å². The van der Waals surface area contributed by atoms with Crippen LogP contribution >= 0.6 is 50.7 Å². The van der Waals surface area contributed by atoms with Crippen molar-refractivity contribution >= 4 is 50.7 Å². The average Bonchev–Trinajstić information content (AvgIpc) is 2.56. The highest BCUT2D eigenvalue weighted by Gasteiger charge is 2.06. The van der Waals surface area contributed by atoms with Crippen LogP contribution in [0.3, 0.4) is 0 Å². The Morgan fingerprint density at radius 2 is 2.14 bits per heavy atom. The lowest BCUT2D eigenvalue weighted by molar-refractivity contribution is 1.08. The third-order valence-electron chi connectivity index (χ3n) is 1.68. The van der Waals surface area contributed by atoms with Crippen molar-refractivity contribution < 1.29 is 0 Å². The van der Waals surface area contributed by atoms with E-state index in [0.717, 1.165) is 19.4 Å². The minimum absolute atomic E-state index is 0.468. The molecule has 6 heteroatoms. The van der Waals surface area contributed by atoms with Crippen LogP contribution in [0.15, 0.2) is 22.7 Å². The van der Waals surface area contributed by atoms with Crippen LogP contribution in [-0.4, -0.2) is 15.2 Å². The highest BCUT2D eigenvalue weighted by atomic mass is 127. The molecule has 0 saturated carbocycles. The fourth-order valence-electron chi connectivity index (χ4n) is 1.08. The molecule has 2 rings (SSSR count). The molecule has 1 aromatic carbocycles. The van der Waals surface area contributed by atoms with E-state index < -0.39 is 0 Å². The van der Waals surface area contributed by atoms with Gasteiger partial charge in [0.25, 0.3) is 0 Å². The number of hydrogen-bond acceptors (Lipinski definition) is 2. The van der Waals surface area contributed by atoms with Gasteiger partial charge in [0.15, 0.2) is 5.82 Å². The van der Waals surface area contributed by atoms with Gasteiger partial charge >= 0.3 is 0 Å². The summed E-state index contributed by atoms with van der Waals surface area (Å²) in [4.78, 5) is 4.16. The molecule has 0 amide bonds. The van der Waals surface area contributed by atoms with Crippen molar-refractivity contribution in [3.8, 4) is 11.4 Å². The summed E-state index contributed by atoms with van der Waals surface area (Å²) in [6.07, 6.45) is 0. The molecule has 0 saturated heterocycles. The Hall–Kier alpha value is -0.210. The van der Waals surface area contributed by atoms with Crippen molar-refractivity contribution in [2.45, 2.75) is 0 Å². The minimum atomic E-state index is 0.468. The standard InChI is InChI=1S/C8H5BrIN3S/c9-4-1-2-6(10)5(3-4)7-11-8(14)13-12-7/h1-3H,(H2,11,12,13,14). The first kappa shape index (κ1) is 10.3. The second kappa shape index (κ2) is 4.11. The predicted octanol–water partition coefficient (Wildman–Crippen LogP) is 3.50. The van der Waals surface area contributed by atoms with Gasteiger partial charge in [-0.3, -0.25) is 10.2 Å². The van der Waals surface area contributed by atoms with Crippen molar-refractivity contribution in [2.75, 3.05) is 0 Å². The van der Waals surface area contributed by atoms with Crippen molar-refractivity contribution in [1.29, 1.82) is 0 Å². The largest absolute Gasteiger partial charge is 0.282 e. The van der Waals surface area contributed by atoms with Crippen LogP contribution in [0.4, 0.5) is 0 Å². The number of aromatic nitrogens is 3. The fourth-order valence-corrected chi connectivity index (χ4v) is 2.17. The smallest absolute Gasteiger partial charge is 0.213 e. The maximum atomic E-state index is 4.90. The van der Waals surface area contributed by atoms with Crippen molar-refractivity contribution in [2.24, 2.45) is 0 Å². The Balaban J connectivity index is 2.61. The number of rotatable bonds is 1. The summed E-state index contributed by atoms with van der Waals surface area (Å²) in [5.74, 6) is 0.765. The van der Waals surface area contributed by atoms with Gasteiger partial charge in [0.1, 0.15) is 0 Å². The first-order valence-corrected chi connectivity index (χ1v) is 6.05. The summed E-state index contributed by atoms with van der Waals surface area (Å²) in [6.45, 7) is 0. The van der Waals surface area contributed by atoms with E-state index in [4.69, 9.17) is 12.2 Å². The summed E-state index contributed by atoms with van der Waals surface area (Å²) in [5.41, 5.74) is 1.03. The maximum absolute atomic E-state index is 4.90. The number of aromatic amines is 2. The molecule has 14 heavy (non-hydrogen) atoms. The van der Waals surface area contributed by atoms with Gasteiger partial charge in [-0.1, -0.05) is 15.9 Å². The molecular formula is C8H5BrIN3S. The van der Waals surface area contributed by atoms with Crippen LogP contribution in [0.5, 0.6) is 0 Å². The number of benzene rings is 1. The lowest BCUT2D eigenvalue weighted by Gasteiger charge is -2.00. The van der Waals surface area contributed by atoms with Crippen LogP contribution < -0.4 is 0 Å². The lowest BCUT2D eigenvalue weighted by Crippen LogP contribution is -1.85. The number of nitrogens with one attached hydrogen (secondary N) is 2. The van der Waals surface area contributed by atoms with E-state index in [-0.39, 0.29) is 0 Å². The Kier molecular flexibility index (Phi) is 3.03. The first-order chi connectivity index (χ1) is 6.66. The fraction of sp³-hybridized carbons (Fsp3) is 0. The third kappa shape index (κ3) is 2.06. The third-order valence-corrected chi connectivity index (χ3v) is 3.31. The zero-order valence-electron chi connectivity index (χ0n) is 6.84. The van der Waals surface area contributed by atoms with E-state index in [0.29, 0.717) is 4.77 Å². The van der Waals surface area contributed by atoms with Gasteiger partial charge in [-0.15, -0.1) is 0 Å². The van der Waals surface area contributed by atoms with Gasteiger partial charge in [-0.2, -0.15) is 4.98 Å². The van der Waals surface area contributed by atoms with Gasteiger partial charge in [0, 0.05) is 13.6 Å². The van der Waals surface area contributed by atoms with Crippen LogP contribution in [0.2, 0.25) is 0 Å². The Morgan fingerprint density at radius 3 is 2.79 bits per heavy atom. The SMILES string of the molecule is S=c1nc(-c2cc(Br)ccc2I)[nH][nH]1. The Bertz CT molecular complexity index is 519. The molecule has 0 atom stereocenters. The molecule has 0 fully saturated rings. The van der Waals surface area contributed by atoms with Crippen LogP contribution in [0, 0.1) is 8.34 Å². The monoisotopic (exact) mass is 381 g/mol. The molecule has 0 radical (unpaired) electrons. The molecule has 0 aliphatic rings. The van der Waals surface area contributed by atoms with Crippen molar-refractivity contribution in [3.05, 3.63) is 31.0 Å². The van der Waals surface area contributed by atoms with Gasteiger partial charge in [-0.05, 0) is 53.0 Å². The molecule has 0 spiro atoms. The summed E-state index contributed by atoms with van der Waals surface area (Å²) >= 11 is 10.6. The molecule has 0 aliphatic heterocycles. The molecule has 2 aromatic rings. The second-order valence-electron chi connectivity index (χ2n) is 2.64. The van der Waals surface area contributed by atoms with E-state index in [1.54, 1.807) is 0 Å². The molecule has 3 nitrogen and oxygen atoms in total. The first-order valence-electron chi connectivity index (χ1n) is 3.77. The predicted molar refractivity (Wildman–Crippen MR) is 69.6 cm³/mol. The number of halogens is 2. The Labute approximate surface area is 108 Å². The normalized spacial score (nSPS) is 10.4. The average molecular weight is 382 g/mol. The maximum Gasteiger partial charge on any atom is 0.213 e. The molecule has 0 bridgehead atoms. The molecule has 0 aliphatic carbocycles. The summed E-state index contributed by atoms with van der Waals surface area (Å²) in [5, 5.41) is 5.70. The highest BCUT2D eigenvalue weighted by Crippen LogP contribution is 2.25. The van der Waals surface area contributed by atoms with Crippen molar-refractivity contribution in [3.63, 3.8) is 0 Å². The molecule has 2 N–H and O–H groups in total. The van der Waals surface area contributed by atoms with Gasteiger partial charge in [0.2, 0.25) is 4.77 Å². The molecule has 72 valence electrons. The van der Waals surface area contributed by atoms with Gasteiger partial charge < -0.3 is 0 Å². The van der Waals surface area contributed by atoms with Crippen molar-refractivity contribution in [1.82, 2.24) is 15.2 Å². The summed E-state index contributed by atoms with van der Waals surface area (Å²) < 4.78 is 2.62. The molecule has 0 unspecified atom stereocenters. The zero-order chi connectivity index (χ0) is 10.1. The number of H-pyrrole nitrogens is 2. The van der Waals surface area contributed by atoms with E-state index in [1.807, 2.05) is 18.2 Å². The topological polar surface area (TPSA) is 44.5 Å². The summed E-state index contributed by atoms with van der Waals surface area (Å²) in [6, 6.07) is 6.02.